The average Bonchev–Trinajstić information content (AvgIpc) is 3.28. The van der Waals surface area contributed by atoms with E-state index in [1.807, 2.05) is 29.2 Å². The molecule has 0 bridgehead atoms. The van der Waals surface area contributed by atoms with E-state index in [-0.39, 0.29) is 18.8 Å². The second-order valence-corrected chi connectivity index (χ2v) is 8.76. The van der Waals surface area contributed by atoms with Gasteiger partial charge in [-0.05, 0) is 19.1 Å². The highest BCUT2D eigenvalue weighted by Crippen LogP contribution is 2.27. The van der Waals surface area contributed by atoms with E-state index in [9.17, 15) is 37.1 Å². The van der Waals surface area contributed by atoms with Gasteiger partial charge in [-0.3, -0.25) is 28.7 Å². The number of benzene rings is 1. The Labute approximate surface area is 232 Å². The topological polar surface area (TPSA) is 213 Å². The summed E-state index contributed by atoms with van der Waals surface area (Å²) in [5.41, 5.74) is 6.57. The van der Waals surface area contributed by atoms with Gasteiger partial charge in [0.2, 0.25) is 11.8 Å². The molecule has 0 fully saturated rings. The molecule has 17 heteroatoms. The fourth-order valence-electron chi connectivity index (χ4n) is 3.81. The number of carbonyl (C=O) groups is 4. The minimum atomic E-state index is -5.08. The first kappa shape index (κ1) is 31.1. The molecule has 0 aliphatic rings. The highest BCUT2D eigenvalue weighted by atomic mass is 19.4. The molecule has 3 heterocycles. The van der Waals surface area contributed by atoms with Crippen molar-refractivity contribution in [1.82, 2.24) is 29.7 Å². The lowest BCUT2D eigenvalue weighted by molar-refractivity contribution is -0.192. The Morgan fingerprint density at radius 1 is 1.10 bits per heavy atom. The van der Waals surface area contributed by atoms with Crippen molar-refractivity contribution in [2.24, 2.45) is 5.73 Å². The van der Waals surface area contributed by atoms with Crippen LogP contribution in [0.4, 0.5) is 13.2 Å². The second kappa shape index (κ2) is 12.8. The van der Waals surface area contributed by atoms with E-state index >= 15 is 0 Å². The van der Waals surface area contributed by atoms with Crippen LogP contribution in [0.25, 0.3) is 21.8 Å². The zero-order valence-electron chi connectivity index (χ0n) is 21.8. The summed E-state index contributed by atoms with van der Waals surface area (Å²) in [6.07, 6.45) is -3.90. The summed E-state index contributed by atoms with van der Waals surface area (Å²) >= 11 is 0. The number of H-pyrrole nitrogens is 2. The summed E-state index contributed by atoms with van der Waals surface area (Å²) in [5, 5.41) is 11.7. The summed E-state index contributed by atoms with van der Waals surface area (Å²) in [6, 6.07) is 10.5. The zero-order chi connectivity index (χ0) is 31.2. The maximum atomic E-state index is 12.8. The number of nitrogens with zero attached hydrogens (tertiary/aromatic N) is 3. The summed E-state index contributed by atoms with van der Waals surface area (Å²) in [7, 11) is 0. The third-order valence-corrected chi connectivity index (χ3v) is 5.72. The Morgan fingerprint density at radius 3 is 2.38 bits per heavy atom. The van der Waals surface area contributed by atoms with Gasteiger partial charge >= 0.3 is 17.8 Å². The zero-order valence-corrected chi connectivity index (χ0v) is 21.8. The van der Waals surface area contributed by atoms with Crippen LogP contribution in [0.1, 0.15) is 16.2 Å². The van der Waals surface area contributed by atoms with Crippen LogP contribution in [0, 0.1) is 6.92 Å². The predicted molar refractivity (Wildman–Crippen MR) is 141 cm³/mol. The molecule has 0 saturated heterocycles. The first-order chi connectivity index (χ1) is 19.7. The summed E-state index contributed by atoms with van der Waals surface area (Å²) in [4.78, 5) is 79.7. The third kappa shape index (κ3) is 7.80. The number of para-hydroxylation sites is 1. The smallest absolute Gasteiger partial charge is 0.475 e. The molecule has 1 aromatic carbocycles. The van der Waals surface area contributed by atoms with Gasteiger partial charge in [-0.25, -0.2) is 14.6 Å². The van der Waals surface area contributed by atoms with E-state index in [1.165, 1.54) is 6.20 Å². The van der Waals surface area contributed by atoms with E-state index in [2.05, 4.69) is 15.3 Å². The number of nitrogens with one attached hydrogen (secondary N) is 3. The van der Waals surface area contributed by atoms with Gasteiger partial charge in [0.05, 0.1) is 17.8 Å². The molecule has 42 heavy (non-hydrogen) atoms. The van der Waals surface area contributed by atoms with Crippen LogP contribution >= 0.6 is 0 Å². The molecular formula is C25H24F3N7O7. The van der Waals surface area contributed by atoms with Crippen LogP contribution in [0.2, 0.25) is 0 Å². The molecule has 14 nitrogen and oxygen atoms in total. The van der Waals surface area contributed by atoms with Crippen molar-refractivity contribution in [3.05, 3.63) is 74.8 Å². The van der Waals surface area contributed by atoms with Crippen LogP contribution in [-0.4, -0.2) is 79.0 Å². The molecule has 0 aliphatic carbocycles. The number of aromatic amines is 2. The van der Waals surface area contributed by atoms with Crippen molar-refractivity contribution in [3.8, 4) is 0 Å². The average molecular weight is 592 g/mol. The molecule has 0 radical (unpaired) electrons. The Bertz CT molecular complexity index is 1780. The van der Waals surface area contributed by atoms with Crippen molar-refractivity contribution in [2.75, 3.05) is 19.6 Å². The van der Waals surface area contributed by atoms with E-state index in [0.717, 1.165) is 37.3 Å². The number of carboxylic acids is 1. The van der Waals surface area contributed by atoms with Gasteiger partial charge in [-0.1, -0.05) is 18.2 Å². The van der Waals surface area contributed by atoms with Gasteiger partial charge < -0.3 is 26.0 Å². The van der Waals surface area contributed by atoms with Gasteiger partial charge in [-0.2, -0.15) is 13.2 Å². The number of primary amides is 1. The van der Waals surface area contributed by atoms with E-state index in [1.54, 1.807) is 13.0 Å². The number of aryl methyl sites for hydroxylation is 1. The van der Waals surface area contributed by atoms with Crippen molar-refractivity contribution in [2.45, 2.75) is 19.6 Å². The van der Waals surface area contributed by atoms with Gasteiger partial charge in [-0.15, -0.1) is 0 Å². The standard InChI is InChI=1S/C23H23N7O5.C2HF3O2/c1-13-21-15(14-4-2-3-5-16(14)27-21)10-17(26-13)22(34)25-7-9-29(11-18(24)31)20(33)12-30-8-6-19(32)28-23(30)35;3-2(4,5)1(6)7/h2-6,8,10,27H,7,9,11-12H2,1H3,(H2,24,31)(H,25,34)(H,28,32,35);(H,6,7). The molecule has 3 amide bonds. The number of alkyl halides is 3. The number of nitrogens with two attached hydrogens (primary N) is 1. The summed E-state index contributed by atoms with van der Waals surface area (Å²) < 4.78 is 32.7. The maximum absolute atomic E-state index is 12.8. The van der Waals surface area contributed by atoms with E-state index in [4.69, 9.17) is 15.6 Å². The van der Waals surface area contributed by atoms with Crippen LogP contribution in [0.5, 0.6) is 0 Å². The Hall–Kier alpha value is -5.48. The number of aliphatic carboxylic acids is 1. The molecule has 0 unspecified atom stereocenters. The molecule has 4 aromatic rings. The highest BCUT2D eigenvalue weighted by Gasteiger charge is 2.38. The predicted octanol–water partition coefficient (Wildman–Crippen LogP) is 0.252. The van der Waals surface area contributed by atoms with Gasteiger partial charge in [0.25, 0.3) is 11.5 Å². The SMILES string of the molecule is Cc1nc(C(=O)NCCN(CC(N)=O)C(=O)Cn2ccc(=O)[nH]c2=O)cc2c1[nH]c1ccccc12.O=C(O)C(F)(F)F. The fourth-order valence-corrected chi connectivity index (χ4v) is 3.81. The van der Waals surface area contributed by atoms with Crippen LogP contribution in [0.15, 0.2) is 52.2 Å². The number of rotatable bonds is 8. The van der Waals surface area contributed by atoms with E-state index in [0.29, 0.717) is 5.69 Å². The Morgan fingerprint density at radius 2 is 1.76 bits per heavy atom. The maximum Gasteiger partial charge on any atom is 0.490 e. The quantitative estimate of drug-likeness (QED) is 0.191. The summed E-state index contributed by atoms with van der Waals surface area (Å²) in [6.45, 7) is 0.992. The number of pyridine rings is 1. The van der Waals surface area contributed by atoms with Crippen molar-refractivity contribution in [1.29, 1.82) is 0 Å². The first-order valence-electron chi connectivity index (χ1n) is 12.0. The monoisotopic (exact) mass is 591 g/mol. The molecule has 0 atom stereocenters. The Balaban J connectivity index is 0.000000616. The number of amides is 3. The molecule has 0 aliphatic heterocycles. The van der Waals surface area contributed by atoms with Crippen LogP contribution in [-0.2, 0) is 20.9 Å². The highest BCUT2D eigenvalue weighted by molar-refractivity contribution is 6.10. The molecule has 0 spiro atoms. The number of hydrogen-bond donors (Lipinski definition) is 5. The van der Waals surface area contributed by atoms with Crippen molar-refractivity contribution >= 4 is 45.5 Å². The summed E-state index contributed by atoms with van der Waals surface area (Å²) in [5.74, 6) is -4.53. The first-order valence-corrected chi connectivity index (χ1v) is 12.0. The Kier molecular flexibility index (Phi) is 9.46. The van der Waals surface area contributed by atoms with Crippen LogP contribution < -0.4 is 22.3 Å². The minimum Gasteiger partial charge on any atom is -0.475 e. The van der Waals surface area contributed by atoms with Gasteiger partial charge in [0, 0.05) is 41.6 Å². The number of hydrogen-bond acceptors (Lipinski definition) is 7. The van der Waals surface area contributed by atoms with E-state index < -0.39 is 54.2 Å². The van der Waals surface area contributed by atoms with Crippen molar-refractivity contribution < 1.29 is 37.5 Å². The van der Waals surface area contributed by atoms with Gasteiger partial charge in [0.1, 0.15) is 12.2 Å². The van der Waals surface area contributed by atoms with Crippen LogP contribution in [0.3, 0.4) is 0 Å². The molecule has 222 valence electrons. The lowest BCUT2D eigenvalue weighted by Crippen LogP contribution is -2.45. The number of fused-ring (bicyclic) bond motifs is 3. The lowest BCUT2D eigenvalue weighted by Gasteiger charge is -2.21. The largest absolute Gasteiger partial charge is 0.490 e. The molecule has 4 rings (SSSR count). The third-order valence-electron chi connectivity index (χ3n) is 5.72. The fraction of sp³-hybridized carbons (Fsp3) is 0.240. The molecule has 0 saturated carbocycles. The minimum absolute atomic E-state index is 0.0189. The van der Waals surface area contributed by atoms with Crippen molar-refractivity contribution in [3.63, 3.8) is 0 Å². The second-order valence-electron chi connectivity index (χ2n) is 8.76. The normalized spacial score (nSPS) is 11.0. The number of aromatic nitrogens is 4. The number of carbonyl (C=O) groups excluding carboxylic acids is 3. The molecule has 6 N–H and O–H groups in total. The number of halogens is 3. The molecular weight excluding hydrogens is 567 g/mol. The van der Waals surface area contributed by atoms with Gasteiger partial charge in [0.15, 0.2) is 0 Å². The number of carboxylic acid groups (broad SMARTS) is 1. The lowest BCUT2D eigenvalue weighted by atomic mass is 10.1. The molecule has 3 aromatic heterocycles.